The van der Waals surface area contributed by atoms with Crippen molar-refractivity contribution in [2.45, 2.75) is 18.6 Å². The van der Waals surface area contributed by atoms with E-state index >= 15 is 0 Å². The SMILES string of the molecule is COc1ccc([C@H]2CC(c3ccc([N+](=O)[O-])cc3)=NN2C(=O)CN(CCN2CCOCC2)C(=O)c2ccc(C(F)(F)F)cc2)cc1. The van der Waals surface area contributed by atoms with Crippen molar-refractivity contribution in [2.24, 2.45) is 5.10 Å². The first kappa shape index (κ1) is 32.6. The lowest BCUT2D eigenvalue weighted by Gasteiger charge is -2.31. The largest absolute Gasteiger partial charge is 0.497 e. The molecular weight excluding hydrogens is 607 g/mol. The molecule has 2 aliphatic heterocycles. The lowest BCUT2D eigenvalue weighted by molar-refractivity contribution is -0.384. The van der Waals surface area contributed by atoms with E-state index in [2.05, 4.69) is 10.0 Å². The molecule has 0 radical (unpaired) electrons. The molecule has 0 bridgehead atoms. The summed E-state index contributed by atoms with van der Waals surface area (Å²) in [5, 5.41) is 17.1. The maximum Gasteiger partial charge on any atom is 0.416 e. The van der Waals surface area contributed by atoms with Gasteiger partial charge in [0.25, 0.3) is 17.5 Å². The van der Waals surface area contributed by atoms with Crippen LogP contribution in [-0.4, -0.2) is 90.3 Å². The zero-order valence-electron chi connectivity index (χ0n) is 25.0. The number of ether oxygens (including phenoxy) is 2. The van der Waals surface area contributed by atoms with Gasteiger partial charge in [0.15, 0.2) is 0 Å². The van der Waals surface area contributed by atoms with Gasteiger partial charge in [0, 0.05) is 50.3 Å². The molecular formula is C32H32F3N5O6. The van der Waals surface area contributed by atoms with E-state index in [-0.39, 0.29) is 24.3 Å². The third-order valence-corrected chi connectivity index (χ3v) is 7.94. The van der Waals surface area contributed by atoms with Crippen LogP contribution in [0.5, 0.6) is 5.75 Å². The average molecular weight is 640 g/mol. The van der Waals surface area contributed by atoms with Crippen molar-refractivity contribution >= 4 is 23.2 Å². The van der Waals surface area contributed by atoms with Crippen LogP contribution in [0.1, 0.15) is 39.5 Å². The van der Waals surface area contributed by atoms with Gasteiger partial charge in [0.1, 0.15) is 12.3 Å². The number of carbonyl (C=O) groups is 2. The Morgan fingerprint density at radius 3 is 2.26 bits per heavy atom. The van der Waals surface area contributed by atoms with Gasteiger partial charge >= 0.3 is 6.18 Å². The molecule has 0 aliphatic carbocycles. The minimum absolute atomic E-state index is 0.0194. The topological polar surface area (TPSA) is 118 Å². The lowest BCUT2D eigenvalue weighted by atomic mass is 9.98. The molecule has 14 heteroatoms. The summed E-state index contributed by atoms with van der Waals surface area (Å²) >= 11 is 0. The fourth-order valence-corrected chi connectivity index (χ4v) is 5.34. The molecule has 2 heterocycles. The zero-order chi connectivity index (χ0) is 32.8. The third-order valence-electron chi connectivity index (χ3n) is 7.94. The van der Waals surface area contributed by atoms with Gasteiger partial charge in [-0.25, -0.2) is 5.01 Å². The van der Waals surface area contributed by atoms with Gasteiger partial charge in [0.05, 0.1) is 42.6 Å². The van der Waals surface area contributed by atoms with Crippen LogP contribution >= 0.6 is 0 Å². The van der Waals surface area contributed by atoms with Gasteiger partial charge in [-0.05, 0) is 59.7 Å². The van der Waals surface area contributed by atoms with Crippen molar-refractivity contribution in [1.29, 1.82) is 0 Å². The summed E-state index contributed by atoms with van der Waals surface area (Å²) in [6, 6.07) is 16.3. The van der Waals surface area contributed by atoms with E-state index in [0.717, 1.165) is 29.8 Å². The Bertz CT molecular complexity index is 1570. The van der Waals surface area contributed by atoms with Crippen molar-refractivity contribution in [1.82, 2.24) is 14.8 Å². The smallest absolute Gasteiger partial charge is 0.416 e. The van der Waals surface area contributed by atoms with E-state index in [1.807, 2.05) is 12.1 Å². The van der Waals surface area contributed by atoms with Gasteiger partial charge in [0.2, 0.25) is 0 Å². The number of methoxy groups -OCH3 is 1. The Morgan fingerprint density at radius 2 is 1.67 bits per heavy atom. The van der Waals surface area contributed by atoms with Crippen LogP contribution in [0.4, 0.5) is 18.9 Å². The molecule has 2 aliphatic rings. The van der Waals surface area contributed by atoms with Gasteiger partial charge in [-0.3, -0.25) is 24.6 Å². The minimum atomic E-state index is -4.56. The summed E-state index contributed by atoms with van der Waals surface area (Å²) < 4.78 is 50.2. The number of benzene rings is 3. The van der Waals surface area contributed by atoms with Gasteiger partial charge < -0.3 is 14.4 Å². The summed E-state index contributed by atoms with van der Waals surface area (Å²) in [6.07, 6.45) is -4.25. The molecule has 2 amide bonds. The number of non-ortho nitro benzene ring substituents is 1. The van der Waals surface area contributed by atoms with Crippen LogP contribution < -0.4 is 4.74 Å². The van der Waals surface area contributed by atoms with E-state index in [4.69, 9.17) is 9.47 Å². The molecule has 0 spiro atoms. The van der Waals surface area contributed by atoms with E-state index in [1.54, 1.807) is 24.3 Å². The summed E-state index contributed by atoms with van der Waals surface area (Å²) in [4.78, 5) is 41.7. The van der Waals surface area contributed by atoms with Crippen LogP contribution in [0.25, 0.3) is 0 Å². The van der Waals surface area contributed by atoms with E-state index in [0.29, 0.717) is 56.3 Å². The predicted molar refractivity (Wildman–Crippen MR) is 161 cm³/mol. The summed E-state index contributed by atoms with van der Waals surface area (Å²) in [5.41, 5.74) is 0.935. The number of halogens is 3. The highest BCUT2D eigenvalue weighted by molar-refractivity contribution is 6.04. The highest BCUT2D eigenvalue weighted by atomic mass is 19.4. The molecule has 46 heavy (non-hydrogen) atoms. The molecule has 5 rings (SSSR count). The monoisotopic (exact) mass is 639 g/mol. The van der Waals surface area contributed by atoms with Crippen molar-refractivity contribution in [3.05, 3.63) is 105 Å². The van der Waals surface area contributed by atoms with Crippen molar-refractivity contribution < 1.29 is 37.2 Å². The van der Waals surface area contributed by atoms with Gasteiger partial charge in [-0.1, -0.05) is 12.1 Å². The number of nitrogens with zero attached hydrogens (tertiary/aromatic N) is 5. The second-order valence-corrected chi connectivity index (χ2v) is 10.8. The zero-order valence-corrected chi connectivity index (χ0v) is 25.0. The average Bonchev–Trinajstić information content (AvgIpc) is 3.52. The Kier molecular flexibility index (Phi) is 9.97. The lowest BCUT2D eigenvalue weighted by Crippen LogP contribution is -2.46. The van der Waals surface area contributed by atoms with E-state index in [1.165, 1.54) is 29.2 Å². The Hall–Kier alpha value is -4.82. The van der Waals surface area contributed by atoms with Crippen LogP contribution in [-0.2, 0) is 15.7 Å². The second-order valence-electron chi connectivity index (χ2n) is 10.8. The summed E-state index contributed by atoms with van der Waals surface area (Å²) in [7, 11) is 1.54. The number of nitro groups is 1. The molecule has 0 saturated carbocycles. The molecule has 3 aromatic carbocycles. The fraction of sp³-hybridized carbons (Fsp3) is 0.344. The number of carbonyl (C=O) groups excluding carboxylic acids is 2. The van der Waals surface area contributed by atoms with Crippen LogP contribution in [0.2, 0.25) is 0 Å². The molecule has 1 atom stereocenters. The molecule has 242 valence electrons. The molecule has 1 saturated heterocycles. The maximum atomic E-state index is 14.0. The number of morpholine rings is 1. The molecule has 1 fully saturated rings. The quantitative estimate of drug-likeness (QED) is 0.232. The van der Waals surface area contributed by atoms with E-state index < -0.39 is 34.5 Å². The number of hydrogen-bond donors (Lipinski definition) is 0. The Morgan fingerprint density at radius 1 is 1.02 bits per heavy atom. The normalized spacial score (nSPS) is 17.0. The number of nitro benzene ring substituents is 1. The Balaban J connectivity index is 1.42. The first-order chi connectivity index (χ1) is 22.0. The van der Waals surface area contributed by atoms with Gasteiger partial charge in [-0.2, -0.15) is 18.3 Å². The summed E-state index contributed by atoms with van der Waals surface area (Å²) in [5.74, 6) is -0.470. The standard InChI is InChI=1S/C32H32F3N5O6/c1-45-27-12-6-23(7-13-27)29-20-28(22-4-10-26(11-5-22)40(43)44)36-39(29)30(41)21-38(15-14-37-16-18-46-19-17-37)31(42)24-2-8-25(9-3-24)32(33,34)35/h2-13,29H,14-21H2,1H3/t29-/m1/s1. The number of rotatable bonds is 10. The molecule has 3 aromatic rings. The van der Waals surface area contributed by atoms with Crippen molar-refractivity contribution in [2.75, 3.05) is 53.0 Å². The fourth-order valence-electron chi connectivity index (χ4n) is 5.34. The maximum absolute atomic E-state index is 14.0. The van der Waals surface area contributed by atoms with Crippen LogP contribution in [0.3, 0.4) is 0 Å². The number of hydrogen-bond acceptors (Lipinski definition) is 8. The molecule has 0 unspecified atom stereocenters. The van der Waals surface area contributed by atoms with E-state index in [9.17, 15) is 32.9 Å². The first-order valence-corrected chi connectivity index (χ1v) is 14.6. The minimum Gasteiger partial charge on any atom is -0.497 e. The van der Waals surface area contributed by atoms with Crippen molar-refractivity contribution in [3.8, 4) is 5.75 Å². The Labute approximate surface area is 262 Å². The first-order valence-electron chi connectivity index (χ1n) is 14.6. The molecule has 0 aromatic heterocycles. The number of amides is 2. The van der Waals surface area contributed by atoms with Crippen LogP contribution in [0, 0.1) is 10.1 Å². The molecule has 0 N–H and O–H groups in total. The molecule has 11 nitrogen and oxygen atoms in total. The highest BCUT2D eigenvalue weighted by Crippen LogP contribution is 2.34. The number of hydrazone groups is 1. The second kappa shape index (κ2) is 14.1. The van der Waals surface area contributed by atoms with Crippen LogP contribution in [0.15, 0.2) is 77.9 Å². The third kappa shape index (κ3) is 7.69. The summed E-state index contributed by atoms with van der Waals surface area (Å²) in [6.45, 7) is 2.55. The number of alkyl halides is 3. The highest BCUT2D eigenvalue weighted by Gasteiger charge is 2.35. The van der Waals surface area contributed by atoms with Gasteiger partial charge in [-0.15, -0.1) is 0 Å². The van der Waals surface area contributed by atoms with Crippen molar-refractivity contribution in [3.63, 3.8) is 0 Å². The predicted octanol–water partition coefficient (Wildman–Crippen LogP) is 4.77.